The van der Waals surface area contributed by atoms with Crippen LogP contribution in [0.25, 0.3) is 0 Å². The summed E-state index contributed by atoms with van der Waals surface area (Å²) in [4.78, 5) is 13.9. The highest BCUT2D eigenvalue weighted by atomic mass is 35.5. The zero-order chi connectivity index (χ0) is 19.4. The largest absolute Gasteiger partial charge is 0.341 e. The normalized spacial score (nSPS) is 18.5. The maximum Gasteiger partial charge on any atom is 0.233 e. The summed E-state index contributed by atoms with van der Waals surface area (Å²) in [5.41, 5.74) is 1.15. The number of carbonyl (C=O) groups excluding carboxylic acids is 1. The van der Waals surface area contributed by atoms with Crippen LogP contribution < -0.4 is 0 Å². The van der Waals surface area contributed by atoms with Gasteiger partial charge in [0.2, 0.25) is 5.91 Å². The van der Waals surface area contributed by atoms with Gasteiger partial charge in [-0.05, 0) is 24.1 Å². The second-order valence-electron chi connectivity index (χ2n) is 6.10. The highest BCUT2D eigenvalue weighted by Crippen LogP contribution is 2.31. The van der Waals surface area contributed by atoms with E-state index in [1.807, 2.05) is 24.3 Å². The van der Waals surface area contributed by atoms with Crippen molar-refractivity contribution in [1.29, 1.82) is 0 Å². The van der Waals surface area contributed by atoms with E-state index in [1.54, 1.807) is 23.7 Å². The molecule has 1 aromatic carbocycles. The monoisotopic (exact) mass is 463 g/mol. The van der Waals surface area contributed by atoms with Crippen molar-refractivity contribution in [2.24, 2.45) is 0 Å². The van der Waals surface area contributed by atoms with Crippen LogP contribution in [0.1, 0.15) is 12.0 Å². The Hall–Kier alpha value is -0.810. The molecule has 1 aromatic heterocycles. The minimum absolute atomic E-state index is 0.0597. The number of thioether (sulfide) groups is 2. The lowest BCUT2D eigenvalue weighted by Gasteiger charge is -2.22. The molecule has 0 bridgehead atoms. The van der Waals surface area contributed by atoms with E-state index >= 15 is 0 Å². The molecular formula is C16H18ClN3O3S4. The van der Waals surface area contributed by atoms with E-state index in [0.717, 1.165) is 20.0 Å². The van der Waals surface area contributed by atoms with Crippen LogP contribution in [-0.4, -0.2) is 59.8 Å². The quantitative estimate of drug-likeness (QED) is 0.583. The minimum atomic E-state index is -3.00. The van der Waals surface area contributed by atoms with Gasteiger partial charge in [0.1, 0.15) is 0 Å². The Balaban J connectivity index is 1.46. The second kappa shape index (κ2) is 9.13. The van der Waals surface area contributed by atoms with Crippen LogP contribution >= 0.6 is 46.5 Å². The van der Waals surface area contributed by atoms with Gasteiger partial charge in [-0.25, -0.2) is 8.42 Å². The number of sulfone groups is 1. The Morgan fingerprint density at radius 1 is 1.26 bits per heavy atom. The highest BCUT2D eigenvalue weighted by molar-refractivity contribution is 8.03. The average molecular weight is 464 g/mol. The number of rotatable bonds is 7. The van der Waals surface area contributed by atoms with Crippen molar-refractivity contribution in [3.8, 4) is 0 Å². The van der Waals surface area contributed by atoms with Crippen LogP contribution in [0.4, 0.5) is 0 Å². The summed E-state index contributed by atoms with van der Waals surface area (Å²) < 4.78 is 24.7. The molecule has 1 aliphatic rings. The fraction of sp³-hybridized carbons (Fsp3) is 0.438. The summed E-state index contributed by atoms with van der Waals surface area (Å²) >= 11 is 10.3. The predicted molar refractivity (Wildman–Crippen MR) is 111 cm³/mol. The smallest absolute Gasteiger partial charge is 0.233 e. The van der Waals surface area contributed by atoms with E-state index in [-0.39, 0.29) is 29.2 Å². The first kappa shape index (κ1) is 20.9. The number of aromatic nitrogens is 2. The fourth-order valence-electron chi connectivity index (χ4n) is 2.55. The molecule has 0 aliphatic carbocycles. The lowest BCUT2D eigenvalue weighted by Crippen LogP contribution is -2.38. The van der Waals surface area contributed by atoms with Gasteiger partial charge in [-0.2, -0.15) is 0 Å². The molecule has 0 saturated carbocycles. The number of hydrogen-bond acceptors (Lipinski definition) is 8. The number of carbonyl (C=O) groups is 1. The third-order valence-electron chi connectivity index (χ3n) is 4.13. The molecule has 0 N–H and O–H groups in total. The molecule has 11 heteroatoms. The van der Waals surface area contributed by atoms with Crippen molar-refractivity contribution in [2.75, 3.05) is 24.3 Å². The van der Waals surface area contributed by atoms with Gasteiger partial charge in [0.05, 0.1) is 17.3 Å². The molecule has 27 heavy (non-hydrogen) atoms. The Morgan fingerprint density at radius 2 is 1.93 bits per heavy atom. The van der Waals surface area contributed by atoms with E-state index < -0.39 is 9.84 Å². The summed E-state index contributed by atoms with van der Waals surface area (Å²) in [6.45, 7) is 0. The third-order valence-corrected chi connectivity index (χ3v) is 9.38. The van der Waals surface area contributed by atoms with Crippen molar-refractivity contribution in [2.45, 2.75) is 26.9 Å². The summed E-state index contributed by atoms with van der Waals surface area (Å²) in [6, 6.07) is 7.45. The van der Waals surface area contributed by atoms with Crippen molar-refractivity contribution in [3.05, 3.63) is 34.9 Å². The van der Waals surface area contributed by atoms with Gasteiger partial charge >= 0.3 is 0 Å². The van der Waals surface area contributed by atoms with Gasteiger partial charge in [0.15, 0.2) is 18.5 Å². The molecular weight excluding hydrogens is 446 g/mol. The Morgan fingerprint density at radius 3 is 2.56 bits per heavy atom. The summed E-state index contributed by atoms with van der Waals surface area (Å²) in [6.07, 6.45) is 0.513. The SMILES string of the molecule is CN(C(=O)CSc1nnc(SCc2ccc(Cl)cc2)s1)[C@@H]1CCS(=O)(=O)C1. The number of benzene rings is 1. The Labute approximate surface area is 176 Å². The van der Waals surface area contributed by atoms with Gasteiger partial charge < -0.3 is 4.90 Å². The molecule has 0 unspecified atom stereocenters. The first-order chi connectivity index (χ1) is 12.8. The van der Waals surface area contributed by atoms with E-state index in [9.17, 15) is 13.2 Å². The first-order valence-electron chi connectivity index (χ1n) is 8.12. The number of amides is 1. The maximum atomic E-state index is 12.3. The van der Waals surface area contributed by atoms with Gasteiger partial charge in [-0.15, -0.1) is 10.2 Å². The predicted octanol–water partition coefficient (Wildman–Crippen LogP) is 3.22. The molecule has 6 nitrogen and oxygen atoms in total. The zero-order valence-corrected chi connectivity index (χ0v) is 18.5. The molecule has 1 aliphatic heterocycles. The lowest BCUT2D eigenvalue weighted by molar-refractivity contribution is -0.128. The van der Waals surface area contributed by atoms with Crippen molar-refractivity contribution in [1.82, 2.24) is 15.1 Å². The fourth-order valence-corrected chi connectivity index (χ4v) is 7.35. The van der Waals surface area contributed by atoms with E-state index in [0.29, 0.717) is 11.4 Å². The second-order valence-corrected chi connectivity index (χ2v) is 12.2. The number of nitrogens with zero attached hydrogens (tertiary/aromatic N) is 3. The van der Waals surface area contributed by atoms with E-state index in [1.165, 1.54) is 23.1 Å². The minimum Gasteiger partial charge on any atom is -0.341 e. The summed E-state index contributed by atoms with van der Waals surface area (Å²) in [5, 5.41) is 8.98. The van der Waals surface area contributed by atoms with E-state index in [4.69, 9.17) is 11.6 Å². The molecule has 1 atom stereocenters. The van der Waals surface area contributed by atoms with Gasteiger partial charge in [-0.1, -0.05) is 58.6 Å². The van der Waals surface area contributed by atoms with Crippen molar-refractivity contribution < 1.29 is 13.2 Å². The number of hydrogen-bond donors (Lipinski definition) is 0. The van der Waals surface area contributed by atoms with Gasteiger partial charge in [-0.3, -0.25) is 4.79 Å². The molecule has 1 saturated heterocycles. The van der Waals surface area contributed by atoms with Crippen LogP contribution in [-0.2, 0) is 20.4 Å². The molecule has 2 aromatic rings. The Bertz CT molecular complexity index is 902. The molecule has 146 valence electrons. The molecule has 2 heterocycles. The van der Waals surface area contributed by atoms with Crippen LogP contribution in [0, 0.1) is 0 Å². The molecule has 3 rings (SSSR count). The third kappa shape index (κ3) is 6.08. The topological polar surface area (TPSA) is 80.2 Å². The average Bonchev–Trinajstić information content (AvgIpc) is 3.24. The van der Waals surface area contributed by atoms with Gasteiger partial charge in [0.25, 0.3) is 0 Å². The van der Waals surface area contributed by atoms with Crippen molar-refractivity contribution >= 4 is 62.2 Å². The standard InChI is InChI=1S/C16H18ClN3O3S4/c1-20(13-6-7-27(22,23)10-13)14(21)9-25-16-19-18-15(26-16)24-8-11-2-4-12(17)5-3-11/h2-5,13H,6-10H2,1H3/t13-/m1/s1. The molecule has 0 spiro atoms. The first-order valence-corrected chi connectivity index (χ1v) is 13.1. The summed E-state index contributed by atoms with van der Waals surface area (Å²) in [7, 11) is -1.33. The van der Waals surface area contributed by atoms with Crippen LogP contribution in [0.5, 0.6) is 0 Å². The Kier molecular flexibility index (Phi) is 7.07. The van der Waals surface area contributed by atoms with Gasteiger partial charge in [0, 0.05) is 23.9 Å². The maximum absolute atomic E-state index is 12.3. The highest BCUT2D eigenvalue weighted by Gasteiger charge is 2.32. The molecule has 1 amide bonds. The molecule has 0 radical (unpaired) electrons. The van der Waals surface area contributed by atoms with Crippen LogP contribution in [0.3, 0.4) is 0 Å². The van der Waals surface area contributed by atoms with E-state index in [2.05, 4.69) is 10.2 Å². The van der Waals surface area contributed by atoms with Crippen molar-refractivity contribution in [3.63, 3.8) is 0 Å². The molecule has 1 fully saturated rings. The number of halogens is 1. The van der Waals surface area contributed by atoms with Crippen LogP contribution in [0.2, 0.25) is 5.02 Å². The summed E-state index contributed by atoms with van der Waals surface area (Å²) in [5.74, 6) is 1.13. The lowest BCUT2D eigenvalue weighted by atomic mass is 10.2. The zero-order valence-electron chi connectivity index (χ0n) is 14.5. The van der Waals surface area contributed by atoms with Crippen LogP contribution in [0.15, 0.2) is 32.9 Å².